The van der Waals surface area contributed by atoms with Crippen molar-refractivity contribution in [3.05, 3.63) is 0 Å². The fraction of sp³-hybridized carbons (Fsp3) is 0.778. The number of carboxylic acid groups (broad SMARTS) is 2. The van der Waals surface area contributed by atoms with E-state index in [-0.39, 0.29) is 11.8 Å². The highest BCUT2D eigenvalue weighted by atomic mass is 16.4. The molecule has 2 aliphatic carbocycles. The molecule has 0 spiro atoms. The average molecular weight is 184 g/mol. The van der Waals surface area contributed by atoms with Crippen molar-refractivity contribution in [2.75, 3.05) is 0 Å². The molecule has 2 fully saturated rings. The monoisotopic (exact) mass is 184 g/mol. The highest BCUT2D eigenvalue weighted by Gasteiger charge is 2.74. The molecule has 4 nitrogen and oxygen atoms in total. The van der Waals surface area contributed by atoms with E-state index in [9.17, 15) is 9.59 Å². The molecule has 0 amide bonds. The van der Waals surface area contributed by atoms with Gasteiger partial charge in [-0.15, -0.1) is 0 Å². The van der Waals surface area contributed by atoms with Gasteiger partial charge in [-0.3, -0.25) is 9.59 Å². The summed E-state index contributed by atoms with van der Waals surface area (Å²) >= 11 is 0. The molecule has 2 N–H and O–H groups in total. The summed E-state index contributed by atoms with van der Waals surface area (Å²) in [6.07, 6.45) is 3.49. The Kier molecular flexibility index (Phi) is 1.62. The summed E-state index contributed by atoms with van der Waals surface area (Å²) in [5, 5.41) is 17.8. The molecular formula is C9H12O4. The largest absolute Gasteiger partial charge is 0.480 e. The topological polar surface area (TPSA) is 74.6 Å². The van der Waals surface area contributed by atoms with Crippen LogP contribution in [0.1, 0.15) is 25.7 Å². The van der Waals surface area contributed by atoms with E-state index in [1.54, 1.807) is 0 Å². The van der Waals surface area contributed by atoms with Crippen molar-refractivity contribution in [1.29, 1.82) is 0 Å². The molecular weight excluding hydrogens is 172 g/mol. The maximum Gasteiger partial charge on any atom is 0.321 e. The molecule has 0 aromatic heterocycles. The third-order valence-electron chi connectivity index (χ3n) is 3.53. The van der Waals surface area contributed by atoms with Crippen molar-refractivity contribution in [2.45, 2.75) is 25.7 Å². The van der Waals surface area contributed by atoms with Gasteiger partial charge >= 0.3 is 11.9 Å². The van der Waals surface area contributed by atoms with Gasteiger partial charge in [-0.1, -0.05) is 12.8 Å². The minimum Gasteiger partial charge on any atom is -0.480 e. The van der Waals surface area contributed by atoms with Gasteiger partial charge in [0.15, 0.2) is 5.41 Å². The minimum atomic E-state index is -1.42. The second kappa shape index (κ2) is 2.47. The first-order valence-electron chi connectivity index (χ1n) is 4.58. The molecule has 0 radical (unpaired) electrons. The number of fused-ring (bicyclic) bond motifs is 1. The van der Waals surface area contributed by atoms with E-state index in [1.165, 1.54) is 0 Å². The molecule has 2 aliphatic rings. The van der Waals surface area contributed by atoms with Crippen LogP contribution in [-0.2, 0) is 9.59 Å². The zero-order valence-electron chi connectivity index (χ0n) is 7.19. The van der Waals surface area contributed by atoms with Gasteiger partial charge in [0, 0.05) is 0 Å². The van der Waals surface area contributed by atoms with E-state index in [0.29, 0.717) is 0 Å². The highest BCUT2D eigenvalue weighted by Crippen LogP contribution is 2.65. The van der Waals surface area contributed by atoms with Crippen molar-refractivity contribution < 1.29 is 19.8 Å². The summed E-state index contributed by atoms with van der Waals surface area (Å²) < 4.78 is 0. The van der Waals surface area contributed by atoms with E-state index in [2.05, 4.69) is 0 Å². The van der Waals surface area contributed by atoms with E-state index >= 15 is 0 Å². The van der Waals surface area contributed by atoms with Crippen LogP contribution in [0.2, 0.25) is 0 Å². The summed E-state index contributed by atoms with van der Waals surface area (Å²) in [5.74, 6) is -2.48. The standard InChI is InChI=1S/C9H12O4/c10-7(11)9(8(12)13)5-3-1-2-4-6(5)9/h5-6H,1-4H2,(H,10,11)(H,12,13)/t5-,6-/m0/s1. The van der Waals surface area contributed by atoms with Crippen molar-refractivity contribution in [3.63, 3.8) is 0 Å². The van der Waals surface area contributed by atoms with Gasteiger partial charge in [-0.25, -0.2) is 0 Å². The minimum absolute atomic E-state index is 0.101. The van der Waals surface area contributed by atoms with Crippen LogP contribution in [0.15, 0.2) is 0 Å². The molecule has 2 saturated carbocycles. The lowest BCUT2D eigenvalue weighted by atomic mass is 10.0. The smallest absolute Gasteiger partial charge is 0.321 e. The Balaban J connectivity index is 2.28. The van der Waals surface area contributed by atoms with Gasteiger partial charge in [0.05, 0.1) is 0 Å². The molecule has 0 aromatic carbocycles. The molecule has 0 saturated heterocycles. The average Bonchev–Trinajstić information content (AvgIpc) is 2.73. The summed E-state index contributed by atoms with van der Waals surface area (Å²) in [7, 11) is 0. The van der Waals surface area contributed by atoms with E-state index in [0.717, 1.165) is 25.7 Å². The van der Waals surface area contributed by atoms with Gasteiger partial charge in [-0.2, -0.15) is 0 Å². The summed E-state index contributed by atoms with van der Waals surface area (Å²) in [4.78, 5) is 21.8. The Morgan fingerprint density at radius 3 is 1.69 bits per heavy atom. The predicted octanol–water partition coefficient (Wildman–Crippen LogP) is 0.962. The number of hydrogen-bond donors (Lipinski definition) is 2. The zero-order valence-corrected chi connectivity index (χ0v) is 7.19. The van der Waals surface area contributed by atoms with Crippen LogP contribution >= 0.6 is 0 Å². The summed E-state index contributed by atoms with van der Waals surface area (Å²) in [6.45, 7) is 0. The van der Waals surface area contributed by atoms with Gasteiger partial charge < -0.3 is 10.2 Å². The Morgan fingerprint density at radius 2 is 1.38 bits per heavy atom. The Labute approximate surface area is 75.6 Å². The van der Waals surface area contributed by atoms with Crippen LogP contribution in [-0.4, -0.2) is 22.2 Å². The maximum absolute atomic E-state index is 10.9. The van der Waals surface area contributed by atoms with Crippen molar-refractivity contribution in [3.8, 4) is 0 Å². The lowest BCUT2D eigenvalue weighted by Gasteiger charge is -2.04. The molecule has 0 bridgehead atoms. The normalized spacial score (nSPS) is 34.8. The first kappa shape index (κ1) is 8.53. The van der Waals surface area contributed by atoms with E-state index < -0.39 is 17.4 Å². The SMILES string of the molecule is O=C(O)C1(C(=O)O)[C@H]2CCCC[C@@H]21. The number of aliphatic carboxylic acids is 2. The van der Waals surface area contributed by atoms with Crippen molar-refractivity contribution >= 4 is 11.9 Å². The first-order chi connectivity index (χ1) is 6.11. The van der Waals surface area contributed by atoms with Gasteiger partial charge in [0.1, 0.15) is 0 Å². The molecule has 0 aromatic rings. The second-order valence-corrected chi connectivity index (χ2v) is 3.98. The van der Waals surface area contributed by atoms with Gasteiger partial charge in [0.25, 0.3) is 0 Å². The third kappa shape index (κ3) is 0.857. The number of hydrogen-bond acceptors (Lipinski definition) is 2. The van der Waals surface area contributed by atoms with Crippen LogP contribution in [0.25, 0.3) is 0 Å². The Hall–Kier alpha value is -1.06. The molecule has 0 unspecified atom stereocenters. The molecule has 2 atom stereocenters. The Bertz CT molecular complexity index is 243. The van der Waals surface area contributed by atoms with Gasteiger partial charge in [-0.05, 0) is 24.7 Å². The number of rotatable bonds is 2. The van der Waals surface area contributed by atoms with E-state index in [1.807, 2.05) is 0 Å². The lowest BCUT2D eigenvalue weighted by Crippen LogP contribution is -2.28. The molecule has 2 rings (SSSR count). The quantitative estimate of drug-likeness (QED) is 0.627. The van der Waals surface area contributed by atoms with Gasteiger partial charge in [0.2, 0.25) is 0 Å². The van der Waals surface area contributed by atoms with Crippen LogP contribution < -0.4 is 0 Å². The molecule has 4 heteroatoms. The third-order valence-corrected chi connectivity index (χ3v) is 3.53. The van der Waals surface area contributed by atoms with Crippen LogP contribution in [0.3, 0.4) is 0 Å². The fourth-order valence-corrected chi connectivity index (χ4v) is 2.85. The summed E-state index contributed by atoms with van der Waals surface area (Å²) in [5.41, 5.74) is -1.42. The van der Waals surface area contributed by atoms with Crippen LogP contribution in [0.5, 0.6) is 0 Å². The van der Waals surface area contributed by atoms with E-state index in [4.69, 9.17) is 10.2 Å². The molecule has 13 heavy (non-hydrogen) atoms. The second-order valence-electron chi connectivity index (χ2n) is 3.98. The molecule has 0 aliphatic heterocycles. The highest BCUT2D eigenvalue weighted by molar-refractivity contribution is 6.02. The molecule has 0 heterocycles. The first-order valence-corrected chi connectivity index (χ1v) is 4.58. The number of carboxylic acids is 2. The zero-order chi connectivity index (χ0) is 9.64. The maximum atomic E-state index is 10.9. The van der Waals surface area contributed by atoms with Crippen molar-refractivity contribution in [2.24, 2.45) is 17.3 Å². The summed E-state index contributed by atoms with van der Waals surface area (Å²) in [6, 6.07) is 0. The van der Waals surface area contributed by atoms with Crippen molar-refractivity contribution in [1.82, 2.24) is 0 Å². The Morgan fingerprint density at radius 1 is 1.00 bits per heavy atom. The molecule has 72 valence electrons. The lowest BCUT2D eigenvalue weighted by molar-refractivity contribution is -0.158. The number of carbonyl (C=O) groups is 2. The fourth-order valence-electron chi connectivity index (χ4n) is 2.85. The van der Waals surface area contributed by atoms with Crippen LogP contribution in [0, 0.1) is 17.3 Å². The predicted molar refractivity (Wildman–Crippen MR) is 43.2 cm³/mol. The van der Waals surface area contributed by atoms with Crippen LogP contribution in [0.4, 0.5) is 0 Å².